The fraction of sp³-hybridized carbons (Fsp3) is 0.636. The molecule has 16 heavy (non-hydrogen) atoms. The van der Waals surface area contributed by atoms with Crippen LogP contribution in [-0.2, 0) is 0 Å². The maximum absolute atomic E-state index is 5.74. The van der Waals surface area contributed by atoms with Gasteiger partial charge >= 0.3 is 0 Å². The minimum absolute atomic E-state index is 0.712. The van der Waals surface area contributed by atoms with Gasteiger partial charge in [-0.1, -0.05) is 0 Å². The lowest BCUT2D eigenvalue weighted by atomic mass is 10.3. The summed E-state index contributed by atoms with van der Waals surface area (Å²) >= 11 is 5.74. The van der Waals surface area contributed by atoms with Crippen LogP contribution in [0, 0.1) is 6.92 Å². The van der Waals surface area contributed by atoms with Gasteiger partial charge in [-0.15, -0.1) is 11.6 Å². The quantitative estimate of drug-likeness (QED) is 0.742. The molecule has 2 heterocycles. The van der Waals surface area contributed by atoms with E-state index in [-0.39, 0.29) is 0 Å². The van der Waals surface area contributed by atoms with Crippen LogP contribution in [0.1, 0.15) is 5.69 Å². The van der Waals surface area contributed by atoms with Crippen LogP contribution in [0.25, 0.3) is 0 Å². The van der Waals surface area contributed by atoms with Crippen LogP contribution < -0.4 is 4.90 Å². The number of hydrogen-bond donors (Lipinski definition) is 0. The minimum atomic E-state index is 0.712. The van der Waals surface area contributed by atoms with Crippen molar-refractivity contribution < 1.29 is 0 Å². The normalized spacial score (nSPS) is 17.8. The van der Waals surface area contributed by atoms with Crippen molar-refractivity contribution in [3.63, 3.8) is 0 Å². The van der Waals surface area contributed by atoms with Crippen molar-refractivity contribution in [2.75, 3.05) is 43.5 Å². The van der Waals surface area contributed by atoms with Crippen LogP contribution in [-0.4, -0.2) is 53.5 Å². The number of hydrogen-bond acceptors (Lipinski definition) is 4. The molecule has 0 amide bonds. The van der Waals surface area contributed by atoms with Crippen molar-refractivity contribution in [2.45, 2.75) is 6.92 Å². The standard InChI is InChI=1S/C11H17ClN4/c1-10-11(14-4-3-13-10)16-8-6-15(5-2-12)7-9-16/h3-4H,2,5-9H2,1H3. The molecule has 0 bridgehead atoms. The van der Waals surface area contributed by atoms with Crippen LogP contribution in [0.5, 0.6) is 0 Å². The lowest BCUT2D eigenvalue weighted by molar-refractivity contribution is 0.272. The number of rotatable bonds is 3. The Bertz CT molecular complexity index is 337. The second kappa shape index (κ2) is 5.46. The molecule has 0 spiro atoms. The van der Waals surface area contributed by atoms with E-state index in [0.717, 1.165) is 44.2 Å². The first kappa shape index (κ1) is 11.6. The van der Waals surface area contributed by atoms with Crippen LogP contribution in [0.15, 0.2) is 12.4 Å². The SMILES string of the molecule is Cc1nccnc1N1CCN(CCCl)CC1. The highest BCUT2D eigenvalue weighted by Crippen LogP contribution is 2.15. The number of aryl methyl sites for hydroxylation is 1. The van der Waals surface area contributed by atoms with E-state index in [9.17, 15) is 0 Å². The molecule has 0 radical (unpaired) electrons. The van der Waals surface area contributed by atoms with E-state index >= 15 is 0 Å². The van der Waals surface area contributed by atoms with Crippen LogP contribution in [0.2, 0.25) is 0 Å². The Hall–Kier alpha value is -0.870. The van der Waals surface area contributed by atoms with Crippen LogP contribution in [0.3, 0.4) is 0 Å². The van der Waals surface area contributed by atoms with E-state index in [1.54, 1.807) is 12.4 Å². The van der Waals surface area contributed by atoms with Crippen molar-refractivity contribution in [3.8, 4) is 0 Å². The lowest BCUT2D eigenvalue weighted by Gasteiger charge is -2.35. The van der Waals surface area contributed by atoms with Gasteiger partial charge in [-0.05, 0) is 6.92 Å². The first-order valence-corrected chi connectivity index (χ1v) is 6.15. The van der Waals surface area contributed by atoms with Crippen LogP contribution >= 0.6 is 11.6 Å². The topological polar surface area (TPSA) is 32.3 Å². The van der Waals surface area contributed by atoms with Gasteiger partial charge in [-0.2, -0.15) is 0 Å². The third-order valence-corrected chi connectivity index (χ3v) is 3.10. The van der Waals surface area contributed by atoms with Gasteiger partial charge in [0, 0.05) is 51.0 Å². The predicted octanol–water partition coefficient (Wildman–Crippen LogP) is 1.15. The number of alkyl halides is 1. The van der Waals surface area contributed by atoms with Crippen molar-refractivity contribution in [2.24, 2.45) is 0 Å². The molecule has 0 atom stereocenters. The fourth-order valence-electron chi connectivity index (χ4n) is 2.01. The summed E-state index contributed by atoms with van der Waals surface area (Å²) in [4.78, 5) is 13.3. The molecule has 1 aliphatic heterocycles. The molecule has 0 aromatic carbocycles. The average molecular weight is 241 g/mol. The Morgan fingerprint density at radius 3 is 2.50 bits per heavy atom. The first-order valence-electron chi connectivity index (χ1n) is 5.62. The van der Waals surface area contributed by atoms with Crippen molar-refractivity contribution in [1.82, 2.24) is 14.9 Å². The van der Waals surface area contributed by atoms with Crippen molar-refractivity contribution in [3.05, 3.63) is 18.1 Å². The Kier molecular flexibility index (Phi) is 3.96. The van der Waals surface area contributed by atoms with E-state index in [1.165, 1.54) is 0 Å². The van der Waals surface area contributed by atoms with Gasteiger partial charge in [0.2, 0.25) is 0 Å². The zero-order valence-corrected chi connectivity index (χ0v) is 10.3. The molecule has 0 saturated carbocycles. The number of aromatic nitrogens is 2. The zero-order valence-electron chi connectivity index (χ0n) is 9.56. The zero-order chi connectivity index (χ0) is 11.4. The van der Waals surface area contributed by atoms with E-state index in [2.05, 4.69) is 19.8 Å². The van der Waals surface area contributed by atoms with E-state index in [4.69, 9.17) is 11.6 Å². The van der Waals surface area contributed by atoms with Crippen molar-refractivity contribution >= 4 is 17.4 Å². The largest absolute Gasteiger partial charge is 0.353 e. The molecule has 1 aromatic rings. The Balaban J connectivity index is 1.96. The Labute approximate surface area is 101 Å². The van der Waals surface area contributed by atoms with Gasteiger partial charge in [0.25, 0.3) is 0 Å². The van der Waals surface area contributed by atoms with E-state index in [1.807, 2.05) is 6.92 Å². The van der Waals surface area contributed by atoms with Crippen molar-refractivity contribution in [1.29, 1.82) is 0 Å². The highest BCUT2D eigenvalue weighted by molar-refractivity contribution is 6.18. The van der Waals surface area contributed by atoms with Gasteiger partial charge in [0.15, 0.2) is 0 Å². The smallest absolute Gasteiger partial charge is 0.150 e. The average Bonchev–Trinajstić information content (AvgIpc) is 2.31. The molecule has 4 nitrogen and oxygen atoms in total. The molecular formula is C11H17ClN4. The summed E-state index contributed by atoms with van der Waals surface area (Å²) in [6.07, 6.45) is 3.50. The highest BCUT2D eigenvalue weighted by Gasteiger charge is 2.18. The third kappa shape index (κ3) is 2.62. The molecule has 0 N–H and O–H groups in total. The number of nitrogens with zero attached hydrogens (tertiary/aromatic N) is 4. The molecule has 1 aliphatic rings. The van der Waals surface area contributed by atoms with E-state index in [0.29, 0.717) is 5.88 Å². The summed E-state index contributed by atoms with van der Waals surface area (Å²) < 4.78 is 0. The molecule has 2 rings (SSSR count). The van der Waals surface area contributed by atoms with Gasteiger partial charge in [0.1, 0.15) is 5.82 Å². The maximum atomic E-state index is 5.74. The molecule has 88 valence electrons. The van der Waals surface area contributed by atoms with Gasteiger partial charge in [-0.25, -0.2) is 4.98 Å². The van der Waals surface area contributed by atoms with Gasteiger partial charge < -0.3 is 4.90 Å². The predicted molar refractivity (Wildman–Crippen MR) is 66.1 cm³/mol. The lowest BCUT2D eigenvalue weighted by Crippen LogP contribution is -2.47. The maximum Gasteiger partial charge on any atom is 0.150 e. The summed E-state index contributed by atoms with van der Waals surface area (Å²) in [5, 5.41) is 0. The number of anilines is 1. The second-order valence-corrected chi connectivity index (χ2v) is 4.36. The Morgan fingerprint density at radius 1 is 1.19 bits per heavy atom. The summed E-state index contributed by atoms with van der Waals surface area (Å²) in [7, 11) is 0. The summed E-state index contributed by atoms with van der Waals surface area (Å²) in [5.74, 6) is 1.73. The van der Waals surface area contributed by atoms with Gasteiger partial charge in [-0.3, -0.25) is 9.88 Å². The third-order valence-electron chi connectivity index (χ3n) is 2.93. The highest BCUT2D eigenvalue weighted by atomic mass is 35.5. The monoisotopic (exact) mass is 240 g/mol. The van der Waals surface area contributed by atoms with Gasteiger partial charge in [0.05, 0.1) is 5.69 Å². The molecule has 1 aromatic heterocycles. The van der Waals surface area contributed by atoms with Crippen LogP contribution in [0.4, 0.5) is 5.82 Å². The molecule has 1 saturated heterocycles. The Morgan fingerprint density at radius 2 is 1.88 bits per heavy atom. The van der Waals surface area contributed by atoms with E-state index < -0.39 is 0 Å². The number of piperazine rings is 1. The summed E-state index contributed by atoms with van der Waals surface area (Å²) in [6, 6.07) is 0. The summed E-state index contributed by atoms with van der Waals surface area (Å²) in [5.41, 5.74) is 1.01. The minimum Gasteiger partial charge on any atom is -0.353 e. The molecule has 1 fully saturated rings. The molecule has 5 heteroatoms. The first-order chi connectivity index (χ1) is 7.81. The molecular weight excluding hydrogens is 224 g/mol. The second-order valence-electron chi connectivity index (χ2n) is 3.98. The number of halogens is 1. The molecule has 0 unspecified atom stereocenters. The fourth-order valence-corrected chi connectivity index (χ4v) is 2.25. The molecule has 0 aliphatic carbocycles. The summed E-state index contributed by atoms with van der Waals surface area (Å²) in [6.45, 7) is 7.13.